The van der Waals surface area contributed by atoms with Crippen LogP contribution in [-0.4, -0.2) is 24.7 Å². The molecule has 0 bridgehead atoms. The lowest BCUT2D eigenvalue weighted by Gasteiger charge is -2.26. The van der Waals surface area contributed by atoms with Crippen molar-refractivity contribution in [3.05, 3.63) is 42.5 Å². The Hall–Kier alpha value is -1.62. The lowest BCUT2D eigenvalue weighted by Crippen LogP contribution is -2.42. The van der Waals surface area contributed by atoms with E-state index in [1.54, 1.807) is 32.0 Å². The van der Waals surface area contributed by atoms with Gasteiger partial charge < -0.3 is 0 Å². The first-order valence-electron chi connectivity index (χ1n) is 5.57. The van der Waals surface area contributed by atoms with Crippen LogP contribution in [-0.2, 0) is 14.8 Å². The van der Waals surface area contributed by atoms with Gasteiger partial charge >= 0.3 is 0 Å². The Balaban J connectivity index is 3.31. The summed E-state index contributed by atoms with van der Waals surface area (Å²) in [5.41, 5.74) is 0.197. The average molecular weight is 267 g/mol. The van der Waals surface area contributed by atoms with Gasteiger partial charge in [-0.1, -0.05) is 24.8 Å². The number of nitrogens with zero attached hydrogens (tertiary/aromatic N) is 1. The minimum Gasteiger partial charge on any atom is -0.268 e. The van der Waals surface area contributed by atoms with Crippen LogP contribution in [0.3, 0.4) is 0 Å². The van der Waals surface area contributed by atoms with Crippen molar-refractivity contribution >= 4 is 15.9 Å². The number of sulfonamides is 1. The van der Waals surface area contributed by atoms with Gasteiger partial charge in [0.2, 0.25) is 0 Å². The van der Waals surface area contributed by atoms with Gasteiger partial charge in [0.15, 0.2) is 0 Å². The Morgan fingerprint density at radius 2 is 1.72 bits per heavy atom. The maximum atomic E-state index is 12.4. The highest BCUT2D eigenvalue weighted by atomic mass is 32.2. The summed E-state index contributed by atoms with van der Waals surface area (Å²) >= 11 is 0. The molecule has 0 N–H and O–H groups in total. The van der Waals surface area contributed by atoms with Gasteiger partial charge in [0.25, 0.3) is 15.9 Å². The van der Waals surface area contributed by atoms with Crippen LogP contribution >= 0.6 is 0 Å². The zero-order valence-corrected chi connectivity index (χ0v) is 11.6. The van der Waals surface area contributed by atoms with E-state index in [1.165, 1.54) is 19.1 Å². The molecule has 0 aliphatic rings. The van der Waals surface area contributed by atoms with Crippen molar-refractivity contribution in [2.75, 3.05) is 0 Å². The van der Waals surface area contributed by atoms with E-state index in [9.17, 15) is 13.2 Å². The molecule has 0 unspecified atom stereocenters. The topological polar surface area (TPSA) is 54.5 Å². The molecule has 98 valence electrons. The molecule has 0 saturated heterocycles. The quantitative estimate of drug-likeness (QED) is 0.786. The number of carbonyl (C=O) groups excluding carboxylic acids is 1. The van der Waals surface area contributed by atoms with Gasteiger partial charge in [0, 0.05) is 11.6 Å². The molecular weight excluding hydrogens is 250 g/mol. The summed E-state index contributed by atoms with van der Waals surface area (Å²) in [5, 5.41) is 0. The normalized spacial score (nSPS) is 11.3. The number of amides is 1. The second-order valence-electron chi connectivity index (χ2n) is 4.29. The van der Waals surface area contributed by atoms with Crippen molar-refractivity contribution < 1.29 is 13.2 Å². The molecule has 4 nitrogen and oxygen atoms in total. The standard InChI is InChI=1S/C13H17NO3S/c1-10(2)13(15)14(11(3)4)18(16,17)12-8-6-5-7-9-12/h5-9,11H,1H2,2-4H3. The van der Waals surface area contributed by atoms with E-state index in [0.717, 1.165) is 4.31 Å². The van der Waals surface area contributed by atoms with Gasteiger partial charge in [-0.25, -0.2) is 12.7 Å². The van der Waals surface area contributed by atoms with Crippen LogP contribution in [0.4, 0.5) is 0 Å². The molecule has 0 aliphatic heterocycles. The largest absolute Gasteiger partial charge is 0.268 e. The van der Waals surface area contributed by atoms with E-state index in [1.807, 2.05) is 0 Å². The minimum absolute atomic E-state index is 0.105. The molecule has 1 rings (SSSR count). The zero-order chi connectivity index (χ0) is 13.9. The fraction of sp³-hybridized carbons (Fsp3) is 0.308. The maximum absolute atomic E-state index is 12.4. The third-order valence-corrected chi connectivity index (χ3v) is 4.31. The number of benzene rings is 1. The van der Waals surface area contributed by atoms with Gasteiger partial charge in [-0.3, -0.25) is 4.79 Å². The molecular formula is C13H17NO3S. The molecule has 1 aromatic rings. The molecule has 0 aliphatic carbocycles. The van der Waals surface area contributed by atoms with Crippen molar-refractivity contribution in [1.29, 1.82) is 0 Å². The lowest BCUT2D eigenvalue weighted by atomic mass is 10.3. The highest BCUT2D eigenvalue weighted by molar-refractivity contribution is 7.89. The first kappa shape index (κ1) is 14.4. The third-order valence-electron chi connectivity index (χ3n) is 2.33. The molecule has 0 radical (unpaired) electrons. The van der Waals surface area contributed by atoms with E-state index in [0.29, 0.717) is 0 Å². The highest BCUT2D eigenvalue weighted by Crippen LogP contribution is 2.19. The molecule has 1 aromatic carbocycles. The van der Waals surface area contributed by atoms with Crippen LogP contribution in [0.15, 0.2) is 47.4 Å². The predicted octanol–water partition coefficient (Wildman–Crippen LogP) is 2.19. The van der Waals surface area contributed by atoms with E-state index in [4.69, 9.17) is 0 Å². The van der Waals surface area contributed by atoms with Gasteiger partial charge in [0.05, 0.1) is 4.90 Å². The van der Waals surface area contributed by atoms with Crippen LogP contribution in [0.2, 0.25) is 0 Å². The molecule has 0 saturated carbocycles. The number of hydrogen-bond acceptors (Lipinski definition) is 3. The van der Waals surface area contributed by atoms with Crippen molar-refractivity contribution in [2.45, 2.75) is 31.7 Å². The van der Waals surface area contributed by atoms with Gasteiger partial charge in [-0.05, 0) is 32.9 Å². The summed E-state index contributed by atoms with van der Waals surface area (Å²) < 4.78 is 25.6. The fourth-order valence-corrected chi connectivity index (χ4v) is 3.17. The Kier molecular flexibility index (Phi) is 4.29. The zero-order valence-electron chi connectivity index (χ0n) is 10.8. The molecule has 0 fully saturated rings. The number of carbonyl (C=O) groups is 1. The highest BCUT2D eigenvalue weighted by Gasteiger charge is 2.31. The molecule has 0 heterocycles. The van der Waals surface area contributed by atoms with E-state index in [-0.39, 0.29) is 10.5 Å². The summed E-state index contributed by atoms with van der Waals surface area (Å²) in [6.45, 7) is 8.32. The van der Waals surface area contributed by atoms with Crippen molar-refractivity contribution in [3.8, 4) is 0 Å². The summed E-state index contributed by atoms with van der Waals surface area (Å²) in [5.74, 6) is -0.575. The lowest BCUT2D eigenvalue weighted by molar-refractivity contribution is -0.123. The smallest absolute Gasteiger partial charge is 0.266 e. The van der Waals surface area contributed by atoms with E-state index >= 15 is 0 Å². The van der Waals surface area contributed by atoms with Gasteiger partial charge in [-0.15, -0.1) is 0 Å². The Morgan fingerprint density at radius 1 is 1.22 bits per heavy atom. The SMILES string of the molecule is C=C(C)C(=O)N(C(C)C)S(=O)(=O)c1ccccc1. The van der Waals surface area contributed by atoms with Crippen LogP contribution in [0, 0.1) is 0 Å². The Labute approximate surface area is 108 Å². The summed E-state index contributed by atoms with van der Waals surface area (Å²) in [4.78, 5) is 12.1. The molecule has 0 aromatic heterocycles. The maximum Gasteiger partial charge on any atom is 0.266 e. The first-order chi connectivity index (χ1) is 8.28. The number of rotatable bonds is 4. The predicted molar refractivity (Wildman–Crippen MR) is 70.4 cm³/mol. The summed E-state index contributed by atoms with van der Waals surface area (Å²) in [7, 11) is -3.82. The van der Waals surface area contributed by atoms with Gasteiger partial charge in [-0.2, -0.15) is 0 Å². The first-order valence-corrected chi connectivity index (χ1v) is 7.01. The van der Waals surface area contributed by atoms with Crippen LogP contribution in [0.25, 0.3) is 0 Å². The average Bonchev–Trinajstić information content (AvgIpc) is 2.29. The van der Waals surface area contributed by atoms with E-state index < -0.39 is 22.0 Å². The molecule has 5 heteroatoms. The number of hydrogen-bond donors (Lipinski definition) is 0. The summed E-state index contributed by atoms with van der Waals surface area (Å²) in [6.07, 6.45) is 0. The minimum atomic E-state index is -3.82. The Bertz CT molecular complexity index is 547. The fourth-order valence-electron chi connectivity index (χ4n) is 1.52. The van der Waals surface area contributed by atoms with E-state index in [2.05, 4.69) is 6.58 Å². The van der Waals surface area contributed by atoms with Crippen molar-refractivity contribution in [3.63, 3.8) is 0 Å². The summed E-state index contributed by atoms with van der Waals surface area (Å²) in [6, 6.07) is 7.44. The second-order valence-corrected chi connectivity index (χ2v) is 6.11. The molecule has 0 spiro atoms. The molecule has 18 heavy (non-hydrogen) atoms. The van der Waals surface area contributed by atoms with Crippen LogP contribution < -0.4 is 0 Å². The van der Waals surface area contributed by atoms with Crippen molar-refractivity contribution in [2.24, 2.45) is 0 Å². The van der Waals surface area contributed by atoms with Crippen molar-refractivity contribution in [1.82, 2.24) is 4.31 Å². The van der Waals surface area contributed by atoms with Crippen LogP contribution in [0.5, 0.6) is 0 Å². The molecule has 0 atom stereocenters. The molecule has 1 amide bonds. The Morgan fingerprint density at radius 3 is 2.11 bits per heavy atom. The van der Waals surface area contributed by atoms with Crippen LogP contribution in [0.1, 0.15) is 20.8 Å². The third kappa shape index (κ3) is 2.79. The monoisotopic (exact) mass is 267 g/mol. The second kappa shape index (κ2) is 5.35. The van der Waals surface area contributed by atoms with Gasteiger partial charge in [0.1, 0.15) is 0 Å².